The first kappa shape index (κ1) is 17.3. The van der Waals surface area contributed by atoms with Gasteiger partial charge in [-0.05, 0) is 0 Å². The number of rotatable bonds is 2. The largest absolute Gasteiger partial charge is 1.00 e. The van der Waals surface area contributed by atoms with Crippen LogP contribution in [0.4, 0.5) is 17.6 Å². The van der Waals surface area contributed by atoms with Crippen LogP contribution in [0, 0.1) is 23.3 Å². The average Bonchev–Trinajstić information content (AvgIpc) is 2.12. The van der Waals surface area contributed by atoms with E-state index in [-0.39, 0.29) is 29.6 Å². The number of hydrogen-bond acceptors (Lipinski definition) is 4. The molecule has 1 aromatic carbocycles. The van der Waals surface area contributed by atoms with Crippen molar-refractivity contribution in [2.45, 2.75) is 4.90 Å². The molecule has 0 aliphatic heterocycles. The van der Waals surface area contributed by atoms with Gasteiger partial charge in [0, 0.05) is 0 Å². The molecule has 0 saturated heterocycles. The molecule has 5 nitrogen and oxygen atoms in total. The molecule has 0 aromatic heterocycles. The van der Waals surface area contributed by atoms with Crippen molar-refractivity contribution in [2.75, 3.05) is 0 Å². The van der Waals surface area contributed by atoms with Crippen LogP contribution in [0.3, 0.4) is 0 Å². The van der Waals surface area contributed by atoms with Crippen LogP contribution in [-0.4, -0.2) is 24.0 Å². The molecule has 0 fully saturated rings. The first-order chi connectivity index (χ1) is 7.59. The second kappa shape index (κ2) is 5.53. The molecule has 1 N–H and O–H groups in total. The third-order valence-corrected chi connectivity index (χ3v) is 2.55. The molecular formula is C7HF4NaO5S. The number of halogens is 4. The van der Waals surface area contributed by atoms with Crippen molar-refractivity contribution in [1.29, 1.82) is 0 Å². The van der Waals surface area contributed by atoms with Crippen LogP contribution in [0.25, 0.3) is 0 Å². The Balaban J connectivity index is 0.00000289. The molecule has 94 valence electrons. The minimum absolute atomic E-state index is 0. The van der Waals surface area contributed by atoms with Crippen LogP contribution in [0.2, 0.25) is 0 Å². The minimum atomic E-state index is -5.82. The number of carboxylic acids is 1. The monoisotopic (exact) mass is 296 g/mol. The van der Waals surface area contributed by atoms with Crippen LogP contribution in [0.15, 0.2) is 4.90 Å². The first-order valence-electron chi connectivity index (χ1n) is 3.64. The number of aromatic carboxylic acids is 1. The number of carbonyl (C=O) groups is 1. The van der Waals surface area contributed by atoms with Gasteiger partial charge in [0.15, 0.2) is 23.3 Å². The Kier molecular flexibility index (Phi) is 5.32. The molecule has 0 spiro atoms. The molecule has 0 atom stereocenters. The molecule has 1 rings (SSSR count). The maximum Gasteiger partial charge on any atom is 1.00 e. The third-order valence-electron chi connectivity index (χ3n) is 1.69. The number of carboxylic acid groups (broad SMARTS) is 1. The predicted molar refractivity (Wildman–Crippen MR) is 41.2 cm³/mol. The first-order valence-corrected chi connectivity index (χ1v) is 5.05. The molecule has 0 unspecified atom stereocenters. The Labute approximate surface area is 119 Å². The van der Waals surface area contributed by atoms with Gasteiger partial charge in [-0.3, -0.25) is 0 Å². The summed E-state index contributed by atoms with van der Waals surface area (Å²) in [7, 11) is -5.82. The number of hydrogen-bond donors (Lipinski definition) is 1. The standard InChI is InChI=1S/C7H2F4O5S.Na/c8-2-1(7(12)13)3(9)5(11)6(4(2)10)17(14,15)16;/h(H,12,13)(H,14,15,16);/q;+1/p-1. The van der Waals surface area contributed by atoms with Crippen molar-refractivity contribution < 1.29 is 70.0 Å². The van der Waals surface area contributed by atoms with E-state index in [4.69, 9.17) is 5.11 Å². The summed E-state index contributed by atoms with van der Waals surface area (Å²) in [5.74, 6) is -12.4. The topological polar surface area (TPSA) is 94.5 Å². The summed E-state index contributed by atoms with van der Waals surface area (Å²) < 4.78 is 82.7. The van der Waals surface area contributed by atoms with Gasteiger partial charge in [0.05, 0.1) is 0 Å². The second-order valence-electron chi connectivity index (χ2n) is 2.72. The van der Waals surface area contributed by atoms with Gasteiger partial charge < -0.3 is 9.66 Å². The molecule has 0 heterocycles. The van der Waals surface area contributed by atoms with E-state index in [1.165, 1.54) is 0 Å². The Bertz CT molecular complexity index is 586. The maximum atomic E-state index is 12.9. The minimum Gasteiger partial charge on any atom is -0.744 e. The summed E-state index contributed by atoms with van der Waals surface area (Å²) in [6.07, 6.45) is 0. The quantitative estimate of drug-likeness (QED) is 0.291. The summed E-state index contributed by atoms with van der Waals surface area (Å²) in [5, 5.41) is 8.25. The van der Waals surface area contributed by atoms with Crippen LogP contribution in [-0.2, 0) is 10.1 Å². The van der Waals surface area contributed by atoms with Crippen LogP contribution in [0.5, 0.6) is 0 Å². The van der Waals surface area contributed by atoms with Crippen molar-refractivity contribution in [3.63, 3.8) is 0 Å². The Morgan fingerprint density at radius 2 is 1.33 bits per heavy atom. The van der Waals surface area contributed by atoms with Gasteiger partial charge in [0.1, 0.15) is 20.6 Å². The SMILES string of the molecule is O=C(O)c1c(F)c(F)c(S(=O)(=O)[O-])c(F)c1F.[Na+]. The Hall–Kier alpha value is -0.680. The van der Waals surface area contributed by atoms with E-state index in [2.05, 4.69) is 0 Å². The fourth-order valence-electron chi connectivity index (χ4n) is 1.02. The van der Waals surface area contributed by atoms with Gasteiger partial charge in [-0.1, -0.05) is 0 Å². The molecule has 0 aliphatic rings. The zero-order valence-corrected chi connectivity index (χ0v) is 11.3. The second-order valence-corrected chi connectivity index (χ2v) is 4.04. The molecule has 18 heavy (non-hydrogen) atoms. The Morgan fingerprint density at radius 3 is 1.56 bits per heavy atom. The zero-order valence-electron chi connectivity index (χ0n) is 8.50. The van der Waals surface area contributed by atoms with E-state index in [9.17, 15) is 35.3 Å². The fourth-order valence-corrected chi connectivity index (χ4v) is 1.64. The van der Waals surface area contributed by atoms with Crippen molar-refractivity contribution in [1.82, 2.24) is 0 Å². The van der Waals surface area contributed by atoms with Crippen LogP contribution in [0.1, 0.15) is 10.4 Å². The van der Waals surface area contributed by atoms with Gasteiger partial charge in [-0.25, -0.2) is 30.8 Å². The molecule has 0 aliphatic carbocycles. The summed E-state index contributed by atoms with van der Waals surface area (Å²) >= 11 is 0. The van der Waals surface area contributed by atoms with Gasteiger partial charge in [-0.15, -0.1) is 0 Å². The summed E-state index contributed by atoms with van der Waals surface area (Å²) in [6.45, 7) is 0. The van der Waals surface area contributed by atoms with Crippen molar-refractivity contribution >= 4 is 16.1 Å². The van der Waals surface area contributed by atoms with Crippen molar-refractivity contribution in [3.8, 4) is 0 Å². The van der Waals surface area contributed by atoms with E-state index in [1.807, 2.05) is 0 Å². The summed E-state index contributed by atoms with van der Waals surface area (Å²) in [6, 6.07) is 0. The molecular weight excluding hydrogens is 295 g/mol. The number of benzene rings is 1. The van der Waals surface area contributed by atoms with Crippen molar-refractivity contribution in [2.24, 2.45) is 0 Å². The molecule has 0 saturated carbocycles. The normalized spacial score (nSPS) is 10.9. The molecule has 11 heteroatoms. The van der Waals surface area contributed by atoms with E-state index in [0.717, 1.165) is 0 Å². The zero-order chi connectivity index (χ0) is 13.5. The average molecular weight is 296 g/mol. The predicted octanol–water partition coefficient (Wildman–Crippen LogP) is -2.15. The fraction of sp³-hybridized carbons (Fsp3) is 0. The van der Waals surface area contributed by atoms with Gasteiger partial charge in [0.25, 0.3) is 0 Å². The van der Waals surface area contributed by atoms with Gasteiger partial charge in [-0.2, -0.15) is 0 Å². The van der Waals surface area contributed by atoms with Crippen molar-refractivity contribution in [3.05, 3.63) is 28.8 Å². The van der Waals surface area contributed by atoms with E-state index in [0.29, 0.717) is 0 Å². The van der Waals surface area contributed by atoms with Gasteiger partial charge >= 0.3 is 35.5 Å². The van der Waals surface area contributed by atoms with E-state index < -0.39 is 49.8 Å². The van der Waals surface area contributed by atoms with Gasteiger partial charge in [0.2, 0.25) is 0 Å². The molecule has 0 bridgehead atoms. The maximum absolute atomic E-state index is 12.9. The van der Waals surface area contributed by atoms with E-state index >= 15 is 0 Å². The molecule has 1 aromatic rings. The third kappa shape index (κ3) is 2.83. The van der Waals surface area contributed by atoms with Crippen LogP contribution < -0.4 is 29.6 Å². The summed E-state index contributed by atoms with van der Waals surface area (Å²) in [5.41, 5.74) is -2.02. The Morgan fingerprint density at radius 1 is 1.00 bits per heavy atom. The smallest absolute Gasteiger partial charge is 0.744 e. The van der Waals surface area contributed by atoms with Crippen LogP contribution >= 0.6 is 0 Å². The summed E-state index contributed by atoms with van der Waals surface area (Å²) in [4.78, 5) is 7.88. The molecule has 0 radical (unpaired) electrons. The molecule has 0 amide bonds. The van der Waals surface area contributed by atoms with E-state index in [1.54, 1.807) is 0 Å².